The molecule has 1 aromatic carbocycles. The first-order valence-corrected chi connectivity index (χ1v) is 12.5. The smallest absolute Gasteiger partial charge is 0.243 e. The fourth-order valence-corrected chi connectivity index (χ4v) is 7.89. The molecule has 1 saturated heterocycles. The predicted octanol–water partition coefficient (Wildman–Crippen LogP) is 2.38. The highest BCUT2D eigenvalue weighted by atomic mass is 35.5. The van der Waals surface area contributed by atoms with E-state index in [1.54, 1.807) is 0 Å². The summed E-state index contributed by atoms with van der Waals surface area (Å²) in [6, 6.07) is 2.91. The van der Waals surface area contributed by atoms with Gasteiger partial charge in [-0.05, 0) is 68.6 Å². The Morgan fingerprint density at radius 1 is 1.03 bits per heavy atom. The molecule has 7 nitrogen and oxygen atoms in total. The molecule has 1 aromatic rings. The summed E-state index contributed by atoms with van der Waals surface area (Å²) in [7, 11) is -3.95. The van der Waals surface area contributed by atoms with Crippen LogP contribution in [0.15, 0.2) is 23.1 Å². The molecule has 10 heteroatoms. The maximum Gasteiger partial charge on any atom is 0.243 e. The largest absolute Gasteiger partial charge is 0.368 e. The zero-order valence-corrected chi connectivity index (χ0v) is 18.7. The van der Waals surface area contributed by atoms with Crippen molar-refractivity contribution in [1.82, 2.24) is 9.62 Å². The Hall–Kier alpha value is -0.900. The van der Waals surface area contributed by atoms with E-state index in [9.17, 15) is 23.4 Å². The predicted molar refractivity (Wildman–Crippen MR) is 112 cm³/mol. The topological polar surface area (TPSA) is 107 Å². The quantitative estimate of drug-likeness (QED) is 0.565. The third kappa shape index (κ3) is 4.10. The normalized spacial score (nSPS) is 32.0. The van der Waals surface area contributed by atoms with Gasteiger partial charge in [0.1, 0.15) is 6.04 Å². The summed E-state index contributed by atoms with van der Waals surface area (Å²) in [5.41, 5.74) is 0. The average Bonchev–Trinajstić information content (AvgIpc) is 3.18. The lowest BCUT2D eigenvalue weighted by Gasteiger charge is -2.49. The van der Waals surface area contributed by atoms with Gasteiger partial charge in [0.15, 0.2) is 6.29 Å². The molecular formula is C20H26Cl2N2O5S. The number of fused-ring (bicyclic) bond motifs is 3. The molecule has 3 atom stereocenters. The minimum absolute atomic E-state index is 0.0416. The molecule has 3 N–H and O–H groups in total. The van der Waals surface area contributed by atoms with Gasteiger partial charge in [-0.25, -0.2) is 8.42 Å². The minimum atomic E-state index is -3.95. The third-order valence-corrected chi connectivity index (χ3v) is 9.21. The van der Waals surface area contributed by atoms with E-state index in [2.05, 4.69) is 5.32 Å². The number of benzene rings is 1. The van der Waals surface area contributed by atoms with Gasteiger partial charge in [0.25, 0.3) is 0 Å². The monoisotopic (exact) mass is 476 g/mol. The Balaban J connectivity index is 1.55. The number of aliphatic hydroxyl groups excluding tert-OH is 1. The van der Waals surface area contributed by atoms with E-state index in [0.29, 0.717) is 12.8 Å². The third-order valence-electron chi connectivity index (χ3n) is 6.89. The second-order valence-corrected chi connectivity index (χ2v) is 11.3. The highest BCUT2D eigenvalue weighted by Crippen LogP contribution is 2.46. The fourth-order valence-electron chi connectivity index (χ4n) is 5.50. The zero-order valence-electron chi connectivity index (χ0n) is 16.4. The maximum absolute atomic E-state index is 13.2. The molecular weight excluding hydrogens is 451 g/mol. The van der Waals surface area contributed by atoms with Gasteiger partial charge in [0.05, 0.1) is 4.90 Å². The van der Waals surface area contributed by atoms with Crippen LogP contribution in [-0.2, 0) is 14.8 Å². The Kier molecular flexibility index (Phi) is 6.36. The summed E-state index contributed by atoms with van der Waals surface area (Å²) in [4.78, 5) is 13.1. The van der Waals surface area contributed by atoms with Gasteiger partial charge in [-0.15, -0.1) is 0 Å². The number of halogens is 2. The number of hydrogen-bond acceptors (Lipinski definition) is 5. The van der Waals surface area contributed by atoms with Crippen LogP contribution in [0.2, 0.25) is 10.0 Å². The van der Waals surface area contributed by atoms with Crippen LogP contribution >= 0.6 is 23.2 Å². The molecule has 1 heterocycles. The Bertz CT molecular complexity index is 898. The molecule has 3 saturated carbocycles. The molecule has 30 heavy (non-hydrogen) atoms. The molecule has 2 bridgehead atoms. The highest BCUT2D eigenvalue weighted by molar-refractivity contribution is 7.89. The maximum atomic E-state index is 13.2. The molecule has 1 amide bonds. The molecule has 0 spiro atoms. The standard InChI is InChI=1S/C20H26Cl2N2O5S/c21-13-8-14(22)10-15(9-13)30(28,29)24-7-1-2-16(24)19(25)23-18-12-5-3-11(4-6-12)17(18)20(26)27/h8-12,16-18,20,26-27H,1-7H2,(H,23,25)/t11?,12?,16-,17?,18?/m0/s1. The second-order valence-electron chi connectivity index (χ2n) is 8.58. The van der Waals surface area contributed by atoms with Crippen molar-refractivity contribution >= 4 is 39.1 Å². The molecule has 1 aliphatic heterocycles. The van der Waals surface area contributed by atoms with Crippen LogP contribution in [0, 0.1) is 17.8 Å². The number of hydrogen-bond donors (Lipinski definition) is 3. The molecule has 4 aliphatic rings. The number of carbonyl (C=O) groups is 1. The molecule has 5 rings (SSSR count). The first kappa shape index (κ1) is 22.3. The van der Waals surface area contributed by atoms with Crippen LogP contribution < -0.4 is 5.32 Å². The minimum Gasteiger partial charge on any atom is -0.368 e. The van der Waals surface area contributed by atoms with Crippen LogP contribution in [0.25, 0.3) is 0 Å². The van der Waals surface area contributed by atoms with Crippen LogP contribution in [0.3, 0.4) is 0 Å². The van der Waals surface area contributed by atoms with Crippen molar-refractivity contribution in [2.45, 2.75) is 61.8 Å². The summed E-state index contributed by atoms with van der Waals surface area (Å²) in [5, 5.41) is 23.2. The van der Waals surface area contributed by atoms with Crippen LogP contribution in [-0.4, -0.2) is 53.8 Å². The van der Waals surface area contributed by atoms with E-state index >= 15 is 0 Å². The summed E-state index contributed by atoms with van der Waals surface area (Å²) in [6.07, 6.45) is 3.21. The van der Waals surface area contributed by atoms with Crippen molar-refractivity contribution in [1.29, 1.82) is 0 Å². The van der Waals surface area contributed by atoms with Crippen LogP contribution in [0.4, 0.5) is 0 Å². The lowest BCUT2D eigenvalue weighted by Crippen LogP contribution is -2.59. The second kappa shape index (κ2) is 8.56. The lowest BCUT2D eigenvalue weighted by molar-refractivity contribution is -0.149. The summed E-state index contributed by atoms with van der Waals surface area (Å²) >= 11 is 12.0. The van der Waals surface area contributed by atoms with E-state index in [0.717, 1.165) is 25.7 Å². The summed E-state index contributed by atoms with van der Waals surface area (Å²) in [6.45, 7) is 0.229. The van der Waals surface area contributed by atoms with Gasteiger partial charge in [-0.1, -0.05) is 23.2 Å². The van der Waals surface area contributed by atoms with Crippen LogP contribution in [0.1, 0.15) is 38.5 Å². The molecule has 166 valence electrons. The van der Waals surface area contributed by atoms with Gasteiger partial charge in [0, 0.05) is 28.5 Å². The Labute approximate surface area is 186 Å². The molecule has 3 aliphatic carbocycles. The molecule has 2 unspecified atom stereocenters. The first-order chi connectivity index (χ1) is 14.2. The van der Waals surface area contributed by atoms with Crippen molar-refractivity contribution in [3.8, 4) is 0 Å². The van der Waals surface area contributed by atoms with Gasteiger partial charge in [-0.2, -0.15) is 4.31 Å². The van der Waals surface area contributed by atoms with E-state index < -0.39 is 28.3 Å². The van der Waals surface area contributed by atoms with Crippen molar-refractivity contribution in [3.05, 3.63) is 28.2 Å². The van der Waals surface area contributed by atoms with Gasteiger partial charge < -0.3 is 15.5 Å². The number of carbonyl (C=O) groups excluding carboxylic acids is 1. The summed E-state index contributed by atoms with van der Waals surface area (Å²) < 4.78 is 27.6. The number of amides is 1. The molecule has 0 radical (unpaired) electrons. The van der Waals surface area contributed by atoms with E-state index in [1.807, 2.05) is 0 Å². The lowest BCUT2D eigenvalue weighted by atomic mass is 9.61. The number of sulfonamides is 1. The SMILES string of the molecule is O=C(NC1C2CCC(CC2)C1C(O)O)[C@@H]1CCCN1S(=O)(=O)c1cc(Cl)cc(Cl)c1. The van der Waals surface area contributed by atoms with Crippen molar-refractivity contribution < 1.29 is 23.4 Å². The van der Waals surface area contributed by atoms with E-state index in [-0.39, 0.29) is 45.3 Å². The van der Waals surface area contributed by atoms with Gasteiger partial charge in [-0.3, -0.25) is 4.79 Å². The number of aliphatic hydroxyl groups is 2. The Morgan fingerprint density at radius 2 is 1.63 bits per heavy atom. The summed E-state index contributed by atoms with van der Waals surface area (Å²) in [5.74, 6) is -0.451. The number of rotatable bonds is 5. The van der Waals surface area contributed by atoms with Crippen molar-refractivity contribution in [2.24, 2.45) is 17.8 Å². The van der Waals surface area contributed by atoms with E-state index in [4.69, 9.17) is 23.2 Å². The van der Waals surface area contributed by atoms with Gasteiger partial charge >= 0.3 is 0 Å². The highest BCUT2D eigenvalue weighted by Gasteiger charge is 2.48. The first-order valence-electron chi connectivity index (χ1n) is 10.3. The Morgan fingerprint density at radius 3 is 2.23 bits per heavy atom. The zero-order chi connectivity index (χ0) is 21.6. The van der Waals surface area contributed by atoms with Crippen molar-refractivity contribution in [3.63, 3.8) is 0 Å². The van der Waals surface area contributed by atoms with Crippen molar-refractivity contribution in [2.75, 3.05) is 6.54 Å². The molecule has 4 fully saturated rings. The average molecular weight is 477 g/mol. The van der Waals surface area contributed by atoms with Crippen LogP contribution in [0.5, 0.6) is 0 Å². The number of nitrogens with one attached hydrogen (secondary N) is 1. The fraction of sp³-hybridized carbons (Fsp3) is 0.650. The van der Waals surface area contributed by atoms with E-state index in [1.165, 1.54) is 22.5 Å². The number of nitrogens with zero attached hydrogens (tertiary/aromatic N) is 1. The molecule has 0 aromatic heterocycles. The van der Waals surface area contributed by atoms with Gasteiger partial charge in [0.2, 0.25) is 15.9 Å².